The van der Waals surface area contributed by atoms with Crippen LogP contribution < -0.4 is 0 Å². The summed E-state index contributed by atoms with van der Waals surface area (Å²) in [5.41, 5.74) is 1.60. The smallest absolute Gasteiger partial charge is 0.152 e. The predicted octanol–water partition coefficient (Wildman–Crippen LogP) is 3.41. The van der Waals surface area contributed by atoms with Crippen molar-refractivity contribution in [1.29, 1.82) is 5.26 Å². The third-order valence-electron chi connectivity index (χ3n) is 2.69. The molecule has 4 heteroatoms. The van der Waals surface area contributed by atoms with Crippen LogP contribution >= 0.6 is 11.6 Å². The molecule has 0 spiro atoms. The molecule has 0 radical (unpaired) electrons. The van der Waals surface area contributed by atoms with Gasteiger partial charge in [0.15, 0.2) is 6.29 Å². The van der Waals surface area contributed by atoms with E-state index < -0.39 is 0 Å². The van der Waals surface area contributed by atoms with Crippen LogP contribution in [0.15, 0.2) is 24.4 Å². The molecule has 1 aromatic heterocycles. The molecular weight excluding hydrogens is 236 g/mol. The Kier molecular flexibility index (Phi) is 3.46. The fraction of sp³-hybridized carbons (Fsp3) is 0.231. The first kappa shape index (κ1) is 11.7. The summed E-state index contributed by atoms with van der Waals surface area (Å²) < 4.78 is 1.97. The summed E-state index contributed by atoms with van der Waals surface area (Å²) in [6.45, 7) is 0.720. The van der Waals surface area contributed by atoms with E-state index in [1.807, 2.05) is 22.9 Å². The molecule has 1 heterocycles. The molecule has 1 aromatic carbocycles. The Balaban J connectivity index is 2.44. The first-order chi connectivity index (χ1) is 8.26. The number of carbonyl (C=O) groups is 1. The molecule has 3 nitrogen and oxygen atoms in total. The number of hydrogen-bond acceptors (Lipinski definition) is 2. The van der Waals surface area contributed by atoms with Crippen LogP contribution in [0.3, 0.4) is 0 Å². The molecule has 2 aromatic rings. The van der Waals surface area contributed by atoms with Gasteiger partial charge in [-0.25, -0.2) is 0 Å². The van der Waals surface area contributed by atoms with Crippen LogP contribution in [0.25, 0.3) is 10.9 Å². The highest BCUT2D eigenvalue weighted by Crippen LogP contribution is 2.24. The summed E-state index contributed by atoms with van der Waals surface area (Å²) >= 11 is 5.95. The maximum absolute atomic E-state index is 11.0. The maximum atomic E-state index is 11.0. The SMILES string of the molecule is N#CCCCn1cc(C=O)c2ccc(Cl)cc21. The van der Waals surface area contributed by atoms with E-state index in [0.29, 0.717) is 17.0 Å². The number of fused-ring (bicyclic) bond motifs is 1. The van der Waals surface area contributed by atoms with Gasteiger partial charge >= 0.3 is 0 Å². The van der Waals surface area contributed by atoms with Crippen LogP contribution in [0.1, 0.15) is 23.2 Å². The molecule has 0 bridgehead atoms. The number of nitriles is 1. The minimum atomic E-state index is 0.511. The summed E-state index contributed by atoms with van der Waals surface area (Å²) in [7, 11) is 0. The highest BCUT2D eigenvalue weighted by Gasteiger charge is 2.07. The Bertz CT molecular complexity index is 595. The van der Waals surface area contributed by atoms with E-state index in [1.54, 1.807) is 6.07 Å². The number of aromatic nitrogens is 1. The van der Waals surface area contributed by atoms with Gasteiger partial charge in [0, 0.05) is 35.1 Å². The van der Waals surface area contributed by atoms with Gasteiger partial charge in [-0.05, 0) is 18.6 Å². The largest absolute Gasteiger partial charge is 0.347 e. The molecule has 0 saturated heterocycles. The summed E-state index contributed by atoms with van der Waals surface area (Å²) in [5, 5.41) is 10.1. The van der Waals surface area contributed by atoms with Gasteiger partial charge in [0.2, 0.25) is 0 Å². The van der Waals surface area contributed by atoms with Crippen LogP contribution in [0.4, 0.5) is 0 Å². The summed E-state index contributed by atoms with van der Waals surface area (Å²) in [6, 6.07) is 7.58. The Morgan fingerprint density at radius 1 is 1.47 bits per heavy atom. The van der Waals surface area contributed by atoms with Crippen molar-refractivity contribution in [3.63, 3.8) is 0 Å². The van der Waals surface area contributed by atoms with E-state index in [4.69, 9.17) is 16.9 Å². The quantitative estimate of drug-likeness (QED) is 0.613. The fourth-order valence-corrected chi connectivity index (χ4v) is 2.07. The van der Waals surface area contributed by atoms with E-state index in [2.05, 4.69) is 6.07 Å². The lowest BCUT2D eigenvalue weighted by Gasteiger charge is -2.03. The van der Waals surface area contributed by atoms with Crippen molar-refractivity contribution in [3.05, 3.63) is 35.0 Å². The predicted molar refractivity (Wildman–Crippen MR) is 67.2 cm³/mol. The Labute approximate surface area is 104 Å². The van der Waals surface area contributed by atoms with Crippen molar-refractivity contribution in [3.8, 4) is 6.07 Å². The van der Waals surface area contributed by atoms with Crippen molar-refractivity contribution >= 4 is 28.8 Å². The molecule has 0 saturated carbocycles. The topological polar surface area (TPSA) is 45.8 Å². The number of unbranched alkanes of at least 4 members (excludes halogenated alkanes) is 1. The van der Waals surface area contributed by atoms with E-state index in [0.717, 1.165) is 30.2 Å². The number of hydrogen-bond donors (Lipinski definition) is 0. The number of nitrogens with zero attached hydrogens (tertiary/aromatic N) is 2. The molecule has 0 aliphatic rings. The van der Waals surface area contributed by atoms with Crippen LogP contribution in [0.2, 0.25) is 5.02 Å². The average Bonchev–Trinajstić information content (AvgIpc) is 2.67. The van der Waals surface area contributed by atoms with Crippen molar-refractivity contribution in [2.45, 2.75) is 19.4 Å². The number of halogens is 1. The van der Waals surface area contributed by atoms with E-state index in [1.165, 1.54) is 0 Å². The molecule has 86 valence electrons. The van der Waals surface area contributed by atoms with Gasteiger partial charge in [-0.1, -0.05) is 17.7 Å². The zero-order valence-corrected chi connectivity index (χ0v) is 9.94. The Hall–Kier alpha value is -1.79. The standard InChI is InChI=1S/C13H11ClN2O/c14-11-3-4-12-10(9-17)8-16(13(12)7-11)6-2-1-5-15/h3-4,7-9H,1-2,6H2. The monoisotopic (exact) mass is 246 g/mol. The lowest BCUT2D eigenvalue weighted by molar-refractivity contribution is 0.112. The number of rotatable bonds is 4. The van der Waals surface area contributed by atoms with Crippen LogP contribution in [0.5, 0.6) is 0 Å². The summed E-state index contributed by atoms with van der Waals surface area (Å²) in [5.74, 6) is 0. The molecular formula is C13H11ClN2O. The van der Waals surface area contributed by atoms with Gasteiger partial charge in [0.1, 0.15) is 0 Å². The van der Waals surface area contributed by atoms with Crippen molar-refractivity contribution < 1.29 is 4.79 Å². The minimum absolute atomic E-state index is 0.511. The number of benzene rings is 1. The Morgan fingerprint density at radius 3 is 3.00 bits per heavy atom. The summed E-state index contributed by atoms with van der Waals surface area (Å²) in [4.78, 5) is 11.0. The number of aryl methyl sites for hydroxylation is 1. The third kappa shape index (κ3) is 2.32. The van der Waals surface area contributed by atoms with E-state index in [-0.39, 0.29) is 0 Å². The van der Waals surface area contributed by atoms with Crippen molar-refractivity contribution in [2.75, 3.05) is 0 Å². The minimum Gasteiger partial charge on any atom is -0.347 e. The van der Waals surface area contributed by atoms with Gasteiger partial charge in [0.25, 0.3) is 0 Å². The molecule has 2 rings (SSSR count). The summed E-state index contributed by atoms with van der Waals surface area (Å²) in [6.07, 6.45) is 3.93. The number of aldehydes is 1. The highest BCUT2D eigenvalue weighted by molar-refractivity contribution is 6.31. The van der Waals surface area contributed by atoms with Crippen LogP contribution in [-0.4, -0.2) is 10.9 Å². The molecule has 0 fully saturated rings. The second-order valence-corrected chi connectivity index (χ2v) is 4.26. The zero-order chi connectivity index (χ0) is 12.3. The van der Waals surface area contributed by atoms with Crippen LogP contribution in [-0.2, 0) is 6.54 Å². The molecule has 17 heavy (non-hydrogen) atoms. The third-order valence-corrected chi connectivity index (χ3v) is 2.92. The average molecular weight is 247 g/mol. The zero-order valence-electron chi connectivity index (χ0n) is 9.19. The van der Waals surface area contributed by atoms with Gasteiger partial charge in [-0.15, -0.1) is 0 Å². The second-order valence-electron chi connectivity index (χ2n) is 3.82. The molecule has 0 atom stereocenters. The molecule has 0 N–H and O–H groups in total. The normalized spacial score (nSPS) is 10.4. The number of carbonyl (C=O) groups excluding carboxylic acids is 1. The maximum Gasteiger partial charge on any atom is 0.152 e. The van der Waals surface area contributed by atoms with E-state index in [9.17, 15) is 4.79 Å². The molecule has 0 aliphatic heterocycles. The van der Waals surface area contributed by atoms with Gasteiger partial charge in [-0.2, -0.15) is 5.26 Å². The van der Waals surface area contributed by atoms with Crippen molar-refractivity contribution in [2.24, 2.45) is 0 Å². The Morgan fingerprint density at radius 2 is 2.29 bits per heavy atom. The molecule has 0 amide bonds. The fourth-order valence-electron chi connectivity index (χ4n) is 1.90. The molecule has 0 aliphatic carbocycles. The highest BCUT2D eigenvalue weighted by atomic mass is 35.5. The van der Waals surface area contributed by atoms with Crippen molar-refractivity contribution in [1.82, 2.24) is 4.57 Å². The lowest BCUT2D eigenvalue weighted by Crippen LogP contribution is -1.95. The molecule has 0 unspecified atom stereocenters. The lowest BCUT2D eigenvalue weighted by atomic mass is 10.2. The second kappa shape index (κ2) is 5.03. The van der Waals surface area contributed by atoms with Crippen LogP contribution in [0, 0.1) is 11.3 Å². The first-order valence-electron chi connectivity index (χ1n) is 5.37. The van der Waals surface area contributed by atoms with E-state index >= 15 is 0 Å². The van der Waals surface area contributed by atoms with Gasteiger partial charge in [-0.3, -0.25) is 4.79 Å². The van der Waals surface area contributed by atoms with Gasteiger partial charge < -0.3 is 4.57 Å². The first-order valence-corrected chi connectivity index (χ1v) is 5.74. The van der Waals surface area contributed by atoms with Gasteiger partial charge in [0.05, 0.1) is 11.6 Å².